The number of nitrogens with zero attached hydrogens (tertiary/aromatic N) is 1. The molecule has 0 amide bonds. The van der Waals surface area contributed by atoms with Gasteiger partial charge in [-0.1, -0.05) is 0 Å². The highest BCUT2D eigenvalue weighted by molar-refractivity contribution is 7.07. The molecule has 0 fully saturated rings. The summed E-state index contributed by atoms with van der Waals surface area (Å²) >= 11 is 1.64. The van der Waals surface area contributed by atoms with Crippen molar-refractivity contribution in [3.8, 4) is 0 Å². The van der Waals surface area contributed by atoms with Crippen LogP contribution in [0.2, 0.25) is 0 Å². The summed E-state index contributed by atoms with van der Waals surface area (Å²) in [6.45, 7) is 2.95. The van der Waals surface area contributed by atoms with Crippen LogP contribution in [0.5, 0.6) is 0 Å². The van der Waals surface area contributed by atoms with Gasteiger partial charge in [-0.05, 0) is 30.7 Å². The molecule has 0 saturated carbocycles. The van der Waals surface area contributed by atoms with E-state index >= 15 is 0 Å². The minimum Gasteiger partial charge on any atom is -0.399 e. The van der Waals surface area contributed by atoms with Gasteiger partial charge >= 0.3 is 0 Å². The molecule has 0 atom stereocenters. The molecule has 16 heavy (non-hydrogen) atoms. The Labute approximate surface area is 99.3 Å². The van der Waals surface area contributed by atoms with E-state index in [4.69, 9.17) is 5.73 Å². The number of aromatic nitrogens is 1. The highest BCUT2D eigenvalue weighted by Gasteiger charge is 1.99. The third-order valence-electron chi connectivity index (χ3n) is 2.43. The van der Waals surface area contributed by atoms with Gasteiger partial charge in [0, 0.05) is 29.7 Å². The molecule has 0 aliphatic heterocycles. The van der Waals surface area contributed by atoms with Gasteiger partial charge in [0.25, 0.3) is 0 Å². The van der Waals surface area contributed by atoms with Crippen LogP contribution in [0, 0.1) is 6.92 Å². The molecular weight excluding hydrogens is 218 g/mol. The molecule has 3 nitrogen and oxygen atoms in total. The number of thiazole rings is 1. The molecule has 1 aromatic heterocycles. The lowest BCUT2D eigenvalue weighted by atomic mass is 10.2. The van der Waals surface area contributed by atoms with Crippen LogP contribution in [-0.2, 0) is 6.42 Å². The van der Waals surface area contributed by atoms with Crippen molar-refractivity contribution in [2.45, 2.75) is 13.3 Å². The highest BCUT2D eigenvalue weighted by Crippen LogP contribution is 2.17. The van der Waals surface area contributed by atoms with E-state index in [9.17, 15) is 0 Å². The first-order valence-corrected chi connectivity index (χ1v) is 6.17. The van der Waals surface area contributed by atoms with Crippen LogP contribution in [0.25, 0.3) is 0 Å². The Kier molecular flexibility index (Phi) is 3.41. The Hall–Kier alpha value is -1.55. The predicted molar refractivity (Wildman–Crippen MR) is 69.9 cm³/mol. The predicted octanol–water partition coefficient (Wildman–Crippen LogP) is 2.69. The molecule has 2 rings (SSSR count). The molecule has 0 saturated heterocycles. The van der Waals surface area contributed by atoms with Crippen LogP contribution in [-0.4, -0.2) is 11.5 Å². The molecule has 0 spiro atoms. The van der Waals surface area contributed by atoms with Crippen LogP contribution < -0.4 is 11.1 Å². The maximum absolute atomic E-state index is 5.70. The van der Waals surface area contributed by atoms with E-state index in [0.29, 0.717) is 0 Å². The molecule has 84 valence electrons. The number of nitrogens with one attached hydrogen (secondary N) is 1. The van der Waals surface area contributed by atoms with Crippen LogP contribution in [0.1, 0.15) is 11.3 Å². The number of nitrogen functional groups attached to an aromatic ring is 1. The summed E-state index contributed by atoms with van der Waals surface area (Å²) in [7, 11) is 0. The Morgan fingerprint density at radius 2 is 2.31 bits per heavy atom. The highest BCUT2D eigenvalue weighted by atomic mass is 32.1. The van der Waals surface area contributed by atoms with Crippen molar-refractivity contribution in [2.75, 3.05) is 17.6 Å². The van der Waals surface area contributed by atoms with Gasteiger partial charge < -0.3 is 11.1 Å². The molecule has 0 bridgehead atoms. The second-order valence-corrected chi connectivity index (χ2v) is 4.45. The lowest BCUT2D eigenvalue weighted by Crippen LogP contribution is -2.06. The van der Waals surface area contributed by atoms with Gasteiger partial charge in [-0.3, -0.25) is 0 Å². The van der Waals surface area contributed by atoms with E-state index in [1.807, 2.05) is 23.7 Å². The molecular formula is C12H15N3S. The monoisotopic (exact) mass is 233 g/mol. The topological polar surface area (TPSA) is 50.9 Å². The molecule has 1 heterocycles. The van der Waals surface area contributed by atoms with Gasteiger partial charge in [0.1, 0.15) is 0 Å². The first-order valence-electron chi connectivity index (χ1n) is 5.23. The number of rotatable bonds is 4. The average Bonchev–Trinajstić information content (AvgIpc) is 2.74. The number of anilines is 2. The van der Waals surface area contributed by atoms with E-state index < -0.39 is 0 Å². The van der Waals surface area contributed by atoms with Gasteiger partial charge in [0.05, 0.1) is 11.2 Å². The zero-order chi connectivity index (χ0) is 11.4. The van der Waals surface area contributed by atoms with Gasteiger partial charge in [-0.15, -0.1) is 11.3 Å². The van der Waals surface area contributed by atoms with Crippen molar-refractivity contribution >= 4 is 22.7 Å². The third kappa shape index (κ3) is 2.73. The van der Waals surface area contributed by atoms with Crippen LogP contribution in [0.4, 0.5) is 11.4 Å². The fourth-order valence-electron chi connectivity index (χ4n) is 1.57. The number of hydrogen-bond donors (Lipinski definition) is 2. The van der Waals surface area contributed by atoms with Crippen molar-refractivity contribution in [3.05, 3.63) is 40.3 Å². The SMILES string of the molecule is Cc1cc(N)ccc1NCCc1cscn1. The summed E-state index contributed by atoms with van der Waals surface area (Å²) in [5, 5.41) is 5.47. The fraction of sp³-hybridized carbons (Fsp3) is 0.250. The van der Waals surface area contributed by atoms with E-state index in [1.54, 1.807) is 11.3 Å². The molecule has 1 aromatic carbocycles. The molecule has 4 heteroatoms. The Bertz CT molecular complexity index is 451. The minimum atomic E-state index is 0.808. The van der Waals surface area contributed by atoms with Crippen molar-refractivity contribution in [1.29, 1.82) is 0 Å². The molecule has 3 N–H and O–H groups in total. The van der Waals surface area contributed by atoms with E-state index in [0.717, 1.165) is 30.0 Å². The van der Waals surface area contributed by atoms with Crippen molar-refractivity contribution in [2.24, 2.45) is 0 Å². The van der Waals surface area contributed by atoms with Crippen LogP contribution >= 0.6 is 11.3 Å². The lowest BCUT2D eigenvalue weighted by Gasteiger charge is -2.09. The third-order valence-corrected chi connectivity index (χ3v) is 3.07. The second kappa shape index (κ2) is 4.99. The number of hydrogen-bond acceptors (Lipinski definition) is 4. The zero-order valence-electron chi connectivity index (χ0n) is 9.23. The molecule has 0 radical (unpaired) electrons. The summed E-state index contributed by atoms with van der Waals surface area (Å²) in [5.74, 6) is 0. The molecule has 0 unspecified atom stereocenters. The Morgan fingerprint density at radius 3 is 3.00 bits per heavy atom. The number of aryl methyl sites for hydroxylation is 1. The first kappa shape index (κ1) is 11.0. The van der Waals surface area contributed by atoms with E-state index in [1.165, 1.54) is 5.56 Å². The first-order chi connectivity index (χ1) is 7.75. The van der Waals surface area contributed by atoms with Gasteiger partial charge in [-0.2, -0.15) is 0 Å². The van der Waals surface area contributed by atoms with Crippen molar-refractivity contribution < 1.29 is 0 Å². The number of nitrogens with two attached hydrogens (primary N) is 1. The van der Waals surface area contributed by atoms with Gasteiger partial charge in [0.15, 0.2) is 0 Å². The summed E-state index contributed by atoms with van der Waals surface area (Å²) < 4.78 is 0. The molecule has 0 aliphatic carbocycles. The fourth-order valence-corrected chi connectivity index (χ4v) is 2.16. The lowest BCUT2D eigenvalue weighted by molar-refractivity contribution is 0.975. The van der Waals surface area contributed by atoms with Crippen LogP contribution in [0.3, 0.4) is 0 Å². The number of benzene rings is 1. The Morgan fingerprint density at radius 1 is 1.44 bits per heavy atom. The summed E-state index contributed by atoms with van der Waals surface area (Å²) in [4.78, 5) is 4.24. The summed E-state index contributed by atoms with van der Waals surface area (Å²) in [6, 6.07) is 5.91. The molecule has 2 aromatic rings. The van der Waals surface area contributed by atoms with Crippen molar-refractivity contribution in [1.82, 2.24) is 4.98 Å². The summed E-state index contributed by atoms with van der Waals surface area (Å²) in [5.41, 5.74) is 11.8. The average molecular weight is 233 g/mol. The quantitative estimate of drug-likeness (QED) is 0.798. The van der Waals surface area contributed by atoms with Gasteiger partial charge in [-0.25, -0.2) is 4.98 Å². The van der Waals surface area contributed by atoms with Gasteiger partial charge in [0.2, 0.25) is 0 Å². The van der Waals surface area contributed by atoms with Crippen molar-refractivity contribution in [3.63, 3.8) is 0 Å². The largest absolute Gasteiger partial charge is 0.399 e. The maximum Gasteiger partial charge on any atom is 0.0794 e. The maximum atomic E-state index is 5.70. The molecule has 0 aliphatic rings. The van der Waals surface area contributed by atoms with E-state index in [2.05, 4.69) is 22.6 Å². The summed E-state index contributed by atoms with van der Waals surface area (Å²) in [6.07, 6.45) is 0.952. The van der Waals surface area contributed by atoms with Crippen LogP contribution in [0.15, 0.2) is 29.1 Å². The smallest absolute Gasteiger partial charge is 0.0794 e. The zero-order valence-corrected chi connectivity index (χ0v) is 10.1. The normalized spacial score (nSPS) is 10.3. The van der Waals surface area contributed by atoms with E-state index in [-0.39, 0.29) is 0 Å². The Balaban J connectivity index is 1.90. The standard InChI is InChI=1S/C12H15N3S/c1-9-6-10(13)2-3-12(9)14-5-4-11-7-16-8-15-11/h2-3,6-8,14H,4-5,13H2,1H3. The minimum absolute atomic E-state index is 0.808. The second-order valence-electron chi connectivity index (χ2n) is 3.73.